The third-order valence-corrected chi connectivity index (χ3v) is 3.24. The van der Waals surface area contributed by atoms with E-state index in [1.165, 1.54) is 6.07 Å². The molecule has 0 saturated carbocycles. The lowest BCUT2D eigenvalue weighted by atomic mass is 10.2. The van der Waals surface area contributed by atoms with Gasteiger partial charge in [-0.15, -0.1) is 24.0 Å². The Morgan fingerprint density at radius 1 is 1.19 bits per heavy atom. The van der Waals surface area contributed by atoms with Gasteiger partial charge in [0.25, 0.3) is 0 Å². The van der Waals surface area contributed by atoms with Gasteiger partial charge in [-0.2, -0.15) is 13.2 Å². The summed E-state index contributed by atoms with van der Waals surface area (Å²) in [6, 6.07) is 6.62. The molecule has 27 heavy (non-hydrogen) atoms. The summed E-state index contributed by atoms with van der Waals surface area (Å²) in [6.07, 6.45) is -3.53. The molecule has 0 aliphatic carbocycles. The Labute approximate surface area is 176 Å². The minimum absolute atomic E-state index is 0. The van der Waals surface area contributed by atoms with Gasteiger partial charge in [0, 0.05) is 38.9 Å². The molecular formula is C18H29F3IN3O2. The van der Waals surface area contributed by atoms with E-state index in [4.69, 9.17) is 9.47 Å². The standard InChI is InChI=1S/C18H28F3N3O2.HI/c1-14(2)12-25-10-6-9-23-17(22-3)24-11-15-7-4-5-8-16(15)26-13-18(19,20)21;/h4-5,7-8,14H,6,9-13H2,1-3H3,(H2,22,23,24);1H. The molecule has 0 aliphatic heterocycles. The van der Waals surface area contributed by atoms with Crippen molar-refractivity contribution in [3.8, 4) is 5.75 Å². The molecule has 0 atom stereocenters. The molecule has 0 saturated heterocycles. The lowest BCUT2D eigenvalue weighted by molar-refractivity contribution is -0.153. The Morgan fingerprint density at radius 2 is 1.89 bits per heavy atom. The normalized spacial score (nSPS) is 11.9. The Kier molecular flexibility index (Phi) is 13.2. The van der Waals surface area contributed by atoms with Gasteiger partial charge in [0.1, 0.15) is 5.75 Å². The molecule has 0 aromatic heterocycles. The number of alkyl halides is 3. The number of para-hydroxylation sites is 1. The van der Waals surface area contributed by atoms with E-state index in [2.05, 4.69) is 29.5 Å². The molecule has 0 aliphatic rings. The first-order valence-corrected chi connectivity index (χ1v) is 8.61. The predicted octanol–water partition coefficient (Wildman–Crippen LogP) is 3.97. The molecule has 1 rings (SSSR count). The van der Waals surface area contributed by atoms with Gasteiger partial charge in [-0.1, -0.05) is 32.0 Å². The minimum atomic E-state index is -4.37. The second-order valence-corrected chi connectivity index (χ2v) is 6.19. The number of nitrogens with one attached hydrogen (secondary N) is 2. The fraction of sp³-hybridized carbons (Fsp3) is 0.611. The van der Waals surface area contributed by atoms with Crippen molar-refractivity contribution in [2.45, 2.75) is 33.0 Å². The smallest absolute Gasteiger partial charge is 0.422 e. The Balaban J connectivity index is 0.00000676. The van der Waals surface area contributed by atoms with Gasteiger partial charge in [0.15, 0.2) is 12.6 Å². The van der Waals surface area contributed by atoms with E-state index in [-0.39, 0.29) is 29.7 Å². The summed E-state index contributed by atoms with van der Waals surface area (Å²) >= 11 is 0. The molecule has 0 heterocycles. The lowest BCUT2D eigenvalue weighted by Gasteiger charge is -2.15. The maximum Gasteiger partial charge on any atom is 0.422 e. The minimum Gasteiger partial charge on any atom is -0.484 e. The number of ether oxygens (including phenoxy) is 2. The first kappa shape index (κ1) is 25.8. The van der Waals surface area contributed by atoms with Gasteiger partial charge >= 0.3 is 6.18 Å². The lowest BCUT2D eigenvalue weighted by Crippen LogP contribution is -2.37. The maximum absolute atomic E-state index is 12.3. The molecule has 0 amide bonds. The van der Waals surface area contributed by atoms with Gasteiger partial charge in [0.05, 0.1) is 0 Å². The van der Waals surface area contributed by atoms with Crippen LogP contribution in [0.15, 0.2) is 29.3 Å². The summed E-state index contributed by atoms with van der Waals surface area (Å²) in [6.45, 7) is 5.27. The second kappa shape index (κ2) is 13.9. The zero-order valence-electron chi connectivity index (χ0n) is 15.9. The van der Waals surface area contributed by atoms with Crippen LogP contribution in [0.1, 0.15) is 25.8 Å². The zero-order valence-corrected chi connectivity index (χ0v) is 18.3. The molecule has 1 aromatic carbocycles. The van der Waals surface area contributed by atoms with Crippen LogP contribution in [0.3, 0.4) is 0 Å². The van der Waals surface area contributed by atoms with Gasteiger partial charge < -0.3 is 20.1 Å². The highest BCUT2D eigenvalue weighted by Gasteiger charge is 2.28. The molecule has 9 heteroatoms. The van der Waals surface area contributed by atoms with Crippen LogP contribution >= 0.6 is 24.0 Å². The van der Waals surface area contributed by atoms with Gasteiger partial charge in [0.2, 0.25) is 0 Å². The van der Waals surface area contributed by atoms with Crippen molar-refractivity contribution in [3.63, 3.8) is 0 Å². The highest BCUT2D eigenvalue weighted by atomic mass is 127. The van der Waals surface area contributed by atoms with Crippen LogP contribution in [-0.2, 0) is 11.3 Å². The molecule has 0 fully saturated rings. The van der Waals surface area contributed by atoms with Gasteiger partial charge in [-0.25, -0.2) is 0 Å². The first-order chi connectivity index (χ1) is 12.3. The summed E-state index contributed by atoms with van der Waals surface area (Å²) in [5.74, 6) is 1.28. The van der Waals surface area contributed by atoms with Crippen molar-refractivity contribution >= 4 is 29.9 Å². The van der Waals surface area contributed by atoms with Crippen LogP contribution in [0.5, 0.6) is 5.75 Å². The first-order valence-electron chi connectivity index (χ1n) is 8.61. The van der Waals surface area contributed by atoms with Crippen molar-refractivity contribution < 1.29 is 22.6 Å². The van der Waals surface area contributed by atoms with E-state index >= 15 is 0 Å². The van der Waals surface area contributed by atoms with Gasteiger partial charge in [-0.05, 0) is 18.4 Å². The highest BCUT2D eigenvalue weighted by molar-refractivity contribution is 14.0. The average molecular weight is 503 g/mol. The van der Waals surface area contributed by atoms with Crippen molar-refractivity contribution in [3.05, 3.63) is 29.8 Å². The molecule has 156 valence electrons. The topological polar surface area (TPSA) is 54.9 Å². The molecule has 1 aromatic rings. The second-order valence-electron chi connectivity index (χ2n) is 6.19. The molecule has 0 radical (unpaired) electrons. The predicted molar refractivity (Wildman–Crippen MR) is 112 cm³/mol. The molecule has 0 bridgehead atoms. The van der Waals surface area contributed by atoms with Crippen LogP contribution in [0.25, 0.3) is 0 Å². The fourth-order valence-electron chi connectivity index (χ4n) is 2.05. The van der Waals surface area contributed by atoms with E-state index in [1.54, 1.807) is 25.2 Å². The van der Waals surface area contributed by atoms with Crippen LogP contribution in [-0.4, -0.2) is 45.5 Å². The van der Waals surface area contributed by atoms with E-state index in [1.807, 2.05) is 0 Å². The van der Waals surface area contributed by atoms with Crippen LogP contribution in [0.2, 0.25) is 0 Å². The molecular weight excluding hydrogens is 474 g/mol. The van der Waals surface area contributed by atoms with E-state index in [0.29, 0.717) is 37.1 Å². The van der Waals surface area contributed by atoms with Crippen LogP contribution in [0.4, 0.5) is 13.2 Å². The number of hydrogen-bond donors (Lipinski definition) is 2. The van der Waals surface area contributed by atoms with Crippen LogP contribution < -0.4 is 15.4 Å². The largest absolute Gasteiger partial charge is 0.484 e. The van der Waals surface area contributed by atoms with Crippen molar-refractivity contribution in [1.29, 1.82) is 0 Å². The number of guanidine groups is 1. The summed E-state index contributed by atoms with van der Waals surface area (Å²) in [4.78, 5) is 4.10. The molecule has 2 N–H and O–H groups in total. The number of nitrogens with zero attached hydrogens (tertiary/aromatic N) is 1. The summed E-state index contributed by atoms with van der Waals surface area (Å²) in [7, 11) is 1.64. The van der Waals surface area contributed by atoms with Gasteiger partial charge in [-0.3, -0.25) is 4.99 Å². The Bertz CT molecular complexity index is 555. The molecule has 0 unspecified atom stereocenters. The third kappa shape index (κ3) is 12.7. The average Bonchev–Trinajstić information content (AvgIpc) is 2.58. The quantitative estimate of drug-likeness (QED) is 0.220. The van der Waals surface area contributed by atoms with E-state index in [0.717, 1.165) is 13.0 Å². The number of aliphatic imine (C=N–C) groups is 1. The highest BCUT2D eigenvalue weighted by Crippen LogP contribution is 2.21. The zero-order chi connectivity index (χ0) is 19.4. The molecule has 0 spiro atoms. The summed E-state index contributed by atoms with van der Waals surface area (Å²) in [5, 5.41) is 6.21. The third-order valence-electron chi connectivity index (χ3n) is 3.24. The maximum atomic E-state index is 12.3. The summed E-state index contributed by atoms with van der Waals surface area (Å²) in [5.41, 5.74) is 0.625. The van der Waals surface area contributed by atoms with Crippen molar-refractivity contribution in [2.75, 3.05) is 33.4 Å². The number of benzene rings is 1. The number of halogens is 4. The number of rotatable bonds is 10. The van der Waals surface area contributed by atoms with Crippen LogP contribution in [0, 0.1) is 5.92 Å². The monoisotopic (exact) mass is 503 g/mol. The van der Waals surface area contributed by atoms with Crippen molar-refractivity contribution in [1.82, 2.24) is 10.6 Å². The SMILES string of the molecule is CN=C(NCCCOCC(C)C)NCc1ccccc1OCC(F)(F)F.I. The Morgan fingerprint density at radius 3 is 2.52 bits per heavy atom. The number of hydrogen-bond acceptors (Lipinski definition) is 3. The van der Waals surface area contributed by atoms with Crippen molar-refractivity contribution in [2.24, 2.45) is 10.9 Å². The van der Waals surface area contributed by atoms with E-state index in [9.17, 15) is 13.2 Å². The summed E-state index contributed by atoms with van der Waals surface area (Å²) < 4.78 is 47.4. The molecule has 5 nitrogen and oxygen atoms in total. The van der Waals surface area contributed by atoms with E-state index < -0.39 is 12.8 Å². The Hall–Kier alpha value is -1.23. The fourth-order valence-corrected chi connectivity index (χ4v) is 2.05.